The van der Waals surface area contributed by atoms with Gasteiger partial charge in [0.2, 0.25) is 5.88 Å². The van der Waals surface area contributed by atoms with Gasteiger partial charge in [-0.3, -0.25) is 4.90 Å². The molecule has 1 aromatic rings. The molecule has 0 radical (unpaired) electrons. The van der Waals surface area contributed by atoms with Gasteiger partial charge >= 0.3 is 0 Å². The number of nitrogens with zero attached hydrogens (tertiary/aromatic N) is 3. The predicted molar refractivity (Wildman–Crippen MR) is 88.8 cm³/mol. The van der Waals surface area contributed by atoms with Crippen LogP contribution in [0, 0.1) is 0 Å². The van der Waals surface area contributed by atoms with Crippen molar-refractivity contribution in [2.24, 2.45) is 0 Å². The summed E-state index contributed by atoms with van der Waals surface area (Å²) in [5, 5.41) is 0. The fourth-order valence-corrected chi connectivity index (χ4v) is 2.14. The van der Waals surface area contributed by atoms with Gasteiger partial charge in [-0.15, -0.1) is 0 Å². The number of likely N-dealkylation sites (N-methyl/N-ethyl adjacent to an activating group) is 2. The quantitative estimate of drug-likeness (QED) is 0.806. The highest BCUT2D eigenvalue weighted by Crippen LogP contribution is 2.32. The van der Waals surface area contributed by atoms with E-state index >= 15 is 0 Å². The molecular weight excluding hydrogens is 262 g/mol. The molecular formula is C17H31N3O. The average molecular weight is 293 g/mol. The minimum atomic E-state index is -0.127. The lowest BCUT2D eigenvalue weighted by Crippen LogP contribution is -2.46. The van der Waals surface area contributed by atoms with Crippen molar-refractivity contribution in [3.8, 4) is 5.88 Å². The van der Waals surface area contributed by atoms with Gasteiger partial charge in [0.25, 0.3) is 0 Å². The Bertz CT molecular complexity index is 452. The Hall–Kier alpha value is -1.13. The molecule has 0 amide bonds. The van der Waals surface area contributed by atoms with Gasteiger partial charge in [0.15, 0.2) is 0 Å². The fraction of sp³-hybridized carbons (Fsp3) is 0.706. The third-order valence-electron chi connectivity index (χ3n) is 4.49. The Labute approximate surface area is 130 Å². The van der Waals surface area contributed by atoms with E-state index in [2.05, 4.69) is 69.6 Å². The Morgan fingerprint density at radius 1 is 1.05 bits per heavy atom. The van der Waals surface area contributed by atoms with Crippen LogP contribution in [0.4, 0.5) is 0 Å². The minimum absolute atomic E-state index is 0.127. The first-order valence-electron chi connectivity index (χ1n) is 7.52. The first kappa shape index (κ1) is 17.9. The molecule has 0 aliphatic carbocycles. The van der Waals surface area contributed by atoms with Crippen molar-refractivity contribution in [2.45, 2.75) is 45.7 Å². The Kier molecular flexibility index (Phi) is 5.76. The highest BCUT2D eigenvalue weighted by molar-refractivity contribution is 5.32. The molecule has 1 rings (SSSR count). The van der Waals surface area contributed by atoms with Gasteiger partial charge in [-0.05, 0) is 54.8 Å². The maximum Gasteiger partial charge on any atom is 0.218 e. The van der Waals surface area contributed by atoms with E-state index in [9.17, 15) is 0 Å². The van der Waals surface area contributed by atoms with Gasteiger partial charge in [-0.2, -0.15) is 0 Å². The zero-order valence-corrected chi connectivity index (χ0v) is 14.9. The molecule has 21 heavy (non-hydrogen) atoms. The summed E-state index contributed by atoms with van der Waals surface area (Å²) in [5.74, 6) is 0.707. The number of aromatic nitrogens is 1. The van der Waals surface area contributed by atoms with Crippen molar-refractivity contribution < 1.29 is 4.74 Å². The molecule has 0 fully saturated rings. The number of methoxy groups -OCH3 is 1. The summed E-state index contributed by atoms with van der Waals surface area (Å²) < 4.78 is 5.41. The Balaban J connectivity index is 2.82. The SMILES string of the molecule is COc1ncccc1C(C)(C)N(C)CCN(C)C(C)(C)C. The molecule has 0 bridgehead atoms. The lowest BCUT2D eigenvalue weighted by atomic mass is 9.93. The molecule has 1 heterocycles. The minimum Gasteiger partial charge on any atom is -0.481 e. The van der Waals surface area contributed by atoms with Crippen LogP contribution >= 0.6 is 0 Å². The second kappa shape index (κ2) is 6.75. The number of ether oxygens (including phenoxy) is 1. The van der Waals surface area contributed by atoms with Crippen molar-refractivity contribution >= 4 is 0 Å². The van der Waals surface area contributed by atoms with Gasteiger partial charge < -0.3 is 9.64 Å². The third kappa shape index (κ3) is 4.42. The van der Waals surface area contributed by atoms with Crippen LogP contribution in [-0.4, -0.2) is 54.6 Å². The summed E-state index contributed by atoms with van der Waals surface area (Å²) in [7, 11) is 6.00. The topological polar surface area (TPSA) is 28.6 Å². The molecule has 0 saturated heterocycles. The van der Waals surface area contributed by atoms with E-state index in [1.807, 2.05) is 6.07 Å². The zero-order chi connectivity index (χ0) is 16.3. The molecule has 0 N–H and O–H groups in total. The van der Waals surface area contributed by atoms with E-state index in [4.69, 9.17) is 4.74 Å². The van der Waals surface area contributed by atoms with Crippen LogP contribution in [-0.2, 0) is 5.54 Å². The van der Waals surface area contributed by atoms with Gasteiger partial charge in [0.1, 0.15) is 0 Å². The van der Waals surface area contributed by atoms with E-state index < -0.39 is 0 Å². The molecule has 4 nitrogen and oxygen atoms in total. The number of pyridine rings is 1. The van der Waals surface area contributed by atoms with Crippen LogP contribution in [0.25, 0.3) is 0 Å². The van der Waals surface area contributed by atoms with Gasteiger partial charge in [-0.1, -0.05) is 6.07 Å². The highest BCUT2D eigenvalue weighted by atomic mass is 16.5. The number of rotatable bonds is 6. The second-order valence-electron chi connectivity index (χ2n) is 7.13. The summed E-state index contributed by atoms with van der Waals surface area (Å²) in [6.45, 7) is 13.1. The summed E-state index contributed by atoms with van der Waals surface area (Å²) in [6, 6.07) is 4.06. The van der Waals surface area contributed by atoms with E-state index in [1.165, 1.54) is 0 Å². The average Bonchev–Trinajstić information content (AvgIpc) is 2.42. The summed E-state index contributed by atoms with van der Waals surface area (Å²) in [4.78, 5) is 9.05. The summed E-state index contributed by atoms with van der Waals surface area (Å²) in [5.41, 5.74) is 1.18. The van der Waals surface area contributed by atoms with Crippen LogP contribution in [0.2, 0.25) is 0 Å². The molecule has 0 atom stereocenters. The molecule has 4 heteroatoms. The monoisotopic (exact) mass is 293 g/mol. The van der Waals surface area contributed by atoms with Crippen LogP contribution in [0.1, 0.15) is 40.2 Å². The maximum absolute atomic E-state index is 5.41. The lowest BCUT2D eigenvalue weighted by molar-refractivity contribution is 0.104. The van der Waals surface area contributed by atoms with E-state index in [-0.39, 0.29) is 11.1 Å². The molecule has 0 aliphatic heterocycles. The molecule has 0 aromatic carbocycles. The lowest BCUT2D eigenvalue weighted by Gasteiger charge is -2.39. The molecule has 0 unspecified atom stereocenters. The Morgan fingerprint density at radius 3 is 2.14 bits per heavy atom. The normalized spacial score (nSPS) is 13.0. The van der Waals surface area contributed by atoms with E-state index in [1.54, 1.807) is 13.3 Å². The summed E-state index contributed by atoms with van der Waals surface area (Å²) >= 11 is 0. The predicted octanol–water partition coefficient (Wildman–Crippen LogP) is 2.99. The summed E-state index contributed by atoms with van der Waals surface area (Å²) in [6.07, 6.45) is 1.77. The number of hydrogen-bond donors (Lipinski definition) is 0. The first-order chi connectivity index (χ1) is 9.60. The van der Waals surface area contributed by atoms with Crippen molar-refractivity contribution in [3.63, 3.8) is 0 Å². The standard InChI is InChI=1S/C17H31N3O/c1-16(2,3)19(6)12-13-20(7)17(4,5)14-10-9-11-18-15(14)21-8/h9-11H,12-13H2,1-8H3. The van der Waals surface area contributed by atoms with Gasteiger partial charge in [-0.25, -0.2) is 4.98 Å². The largest absolute Gasteiger partial charge is 0.481 e. The number of hydrogen-bond acceptors (Lipinski definition) is 4. The zero-order valence-electron chi connectivity index (χ0n) is 14.9. The second-order valence-corrected chi connectivity index (χ2v) is 7.13. The van der Waals surface area contributed by atoms with Crippen LogP contribution < -0.4 is 4.74 Å². The molecule has 120 valence electrons. The van der Waals surface area contributed by atoms with Crippen molar-refractivity contribution in [2.75, 3.05) is 34.3 Å². The third-order valence-corrected chi connectivity index (χ3v) is 4.49. The maximum atomic E-state index is 5.41. The van der Waals surface area contributed by atoms with E-state index in [0.717, 1.165) is 18.7 Å². The van der Waals surface area contributed by atoms with E-state index in [0.29, 0.717) is 5.88 Å². The molecule has 1 aromatic heterocycles. The van der Waals surface area contributed by atoms with Crippen LogP contribution in [0.15, 0.2) is 18.3 Å². The fourth-order valence-electron chi connectivity index (χ4n) is 2.14. The van der Waals surface area contributed by atoms with Crippen molar-refractivity contribution in [3.05, 3.63) is 23.9 Å². The smallest absolute Gasteiger partial charge is 0.218 e. The molecule has 0 saturated carbocycles. The van der Waals surface area contributed by atoms with Crippen molar-refractivity contribution in [1.29, 1.82) is 0 Å². The van der Waals surface area contributed by atoms with Crippen molar-refractivity contribution in [1.82, 2.24) is 14.8 Å². The van der Waals surface area contributed by atoms with Crippen LogP contribution in [0.3, 0.4) is 0 Å². The van der Waals surface area contributed by atoms with Gasteiger partial charge in [0.05, 0.1) is 7.11 Å². The molecule has 0 aliphatic rings. The highest BCUT2D eigenvalue weighted by Gasteiger charge is 2.30. The molecule has 0 spiro atoms. The first-order valence-corrected chi connectivity index (χ1v) is 7.52. The van der Waals surface area contributed by atoms with Gasteiger partial charge in [0, 0.05) is 35.9 Å². The van der Waals surface area contributed by atoms with Crippen LogP contribution in [0.5, 0.6) is 5.88 Å². The Morgan fingerprint density at radius 2 is 1.62 bits per heavy atom.